The zero-order valence-electron chi connectivity index (χ0n) is 10.7. The van der Waals surface area contributed by atoms with Gasteiger partial charge in [0.05, 0.1) is 11.0 Å². The normalized spacial score (nSPS) is 11.4. The van der Waals surface area contributed by atoms with E-state index in [9.17, 15) is 4.39 Å². The van der Waals surface area contributed by atoms with Crippen molar-refractivity contribution in [2.24, 2.45) is 0 Å². The molecule has 0 aliphatic heterocycles. The highest BCUT2D eigenvalue weighted by atomic mass is 19.1. The molecule has 0 fully saturated rings. The first-order valence-corrected chi connectivity index (χ1v) is 6.49. The lowest BCUT2D eigenvalue weighted by atomic mass is 10.1. The summed E-state index contributed by atoms with van der Waals surface area (Å²) < 4.78 is 13.2. The Balaban J connectivity index is 1.76. The number of fused-ring (bicyclic) bond motifs is 2. The van der Waals surface area contributed by atoms with Crippen LogP contribution in [-0.2, 0) is 6.42 Å². The summed E-state index contributed by atoms with van der Waals surface area (Å²) in [6.45, 7) is 0. The van der Waals surface area contributed by atoms with Crippen molar-refractivity contribution in [2.45, 2.75) is 6.42 Å². The van der Waals surface area contributed by atoms with Crippen LogP contribution < -0.4 is 0 Å². The van der Waals surface area contributed by atoms with E-state index in [1.54, 1.807) is 6.07 Å². The average Bonchev–Trinajstić information content (AvgIpc) is 3.03. The lowest BCUT2D eigenvalue weighted by Gasteiger charge is -1.95. The molecule has 0 radical (unpaired) electrons. The summed E-state index contributed by atoms with van der Waals surface area (Å²) in [5, 5.41) is 1.19. The van der Waals surface area contributed by atoms with Crippen molar-refractivity contribution in [3.8, 4) is 0 Å². The minimum Gasteiger partial charge on any atom is -0.361 e. The maximum absolute atomic E-state index is 13.2. The molecule has 0 saturated carbocycles. The largest absolute Gasteiger partial charge is 0.361 e. The minimum atomic E-state index is -0.250. The van der Waals surface area contributed by atoms with Crippen molar-refractivity contribution in [1.29, 1.82) is 0 Å². The Kier molecular flexibility index (Phi) is 2.36. The lowest BCUT2D eigenvalue weighted by Crippen LogP contribution is -1.88. The van der Waals surface area contributed by atoms with Crippen LogP contribution in [-0.4, -0.2) is 15.0 Å². The zero-order valence-corrected chi connectivity index (χ0v) is 10.7. The van der Waals surface area contributed by atoms with E-state index in [4.69, 9.17) is 0 Å². The molecule has 0 unspecified atom stereocenters. The van der Waals surface area contributed by atoms with Gasteiger partial charge in [-0.2, -0.15) is 0 Å². The standard InChI is InChI=1S/C16H12FN3/c17-11-5-6-14-15(8-11)20-16(19-14)7-10-9-18-13-4-2-1-3-12(10)13/h1-6,8-9,18H,7H2,(H,19,20). The molecule has 0 aliphatic rings. The van der Waals surface area contributed by atoms with Gasteiger partial charge in [0, 0.05) is 23.5 Å². The number of imidazole rings is 1. The first-order valence-electron chi connectivity index (χ1n) is 6.49. The second-order valence-corrected chi connectivity index (χ2v) is 4.88. The molecule has 0 bridgehead atoms. The van der Waals surface area contributed by atoms with Crippen LogP contribution in [0.4, 0.5) is 4.39 Å². The monoisotopic (exact) mass is 265 g/mol. The first kappa shape index (κ1) is 11.2. The Morgan fingerprint density at radius 3 is 2.90 bits per heavy atom. The summed E-state index contributed by atoms with van der Waals surface area (Å²) in [5.74, 6) is 0.593. The molecule has 4 heteroatoms. The first-order chi connectivity index (χ1) is 9.79. The van der Waals surface area contributed by atoms with Crippen molar-refractivity contribution in [1.82, 2.24) is 15.0 Å². The molecule has 4 rings (SSSR count). The summed E-state index contributed by atoms with van der Waals surface area (Å²) in [5.41, 5.74) is 3.82. The van der Waals surface area contributed by atoms with Gasteiger partial charge in [-0.15, -0.1) is 0 Å². The fourth-order valence-corrected chi connectivity index (χ4v) is 2.58. The van der Waals surface area contributed by atoms with E-state index >= 15 is 0 Å². The smallest absolute Gasteiger partial charge is 0.125 e. The van der Waals surface area contributed by atoms with E-state index in [-0.39, 0.29) is 5.82 Å². The fraction of sp³-hybridized carbons (Fsp3) is 0.0625. The summed E-state index contributed by atoms with van der Waals surface area (Å²) >= 11 is 0. The maximum atomic E-state index is 13.2. The third-order valence-corrected chi connectivity index (χ3v) is 3.53. The van der Waals surface area contributed by atoms with Crippen molar-refractivity contribution >= 4 is 21.9 Å². The highest BCUT2D eigenvalue weighted by Crippen LogP contribution is 2.21. The van der Waals surface area contributed by atoms with Gasteiger partial charge in [-0.25, -0.2) is 9.37 Å². The molecule has 20 heavy (non-hydrogen) atoms. The highest BCUT2D eigenvalue weighted by Gasteiger charge is 2.08. The second kappa shape index (κ2) is 4.20. The molecule has 0 aliphatic carbocycles. The minimum absolute atomic E-state index is 0.250. The van der Waals surface area contributed by atoms with Gasteiger partial charge in [0.25, 0.3) is 0 Å². The van der Waals surface area contributed by atoms with Crippen LogP contribution in [0.2, 0.25) is 0 Å². The zero-order chi connectivity index (χ0) is 13.5. The SMILES string of the molecule is Fc1ccc2nc(Cc3c[nH]c4ccccc34)[nH]c2c1. The fourth-order valence-electron chi connectivity index (χ4n) is 2.58. The number of halogens is 1. The van der Waals surface area contributed by atoms with E-state index in [2.05, 4.69) is 21.0 Å². The Labute approximate surface area is 114 Å². The van der Waals surface area contributed by atoms with Gasteiger partial charge in [0.2, 0.25) is 0 Å². The Bertz CT molecular complexity index is 904. The third-order valence-electron chi connectivity index (χ3n) is 3.53. The molecule has 4 aromatic rings. The highest BCUT2D eigenvalue weighted by molar-refractivity contribution is 5.83. The second-order valence-electron chi connectivity index (χ2n) is 4.88. The van der Waals surface area contributed by atoms with Crippen LogP contribution in [0.25, 0.3) is 21.9 Å². The van der Waals surface area contributed by atoms with Crippen molar-refractivity contribution in [3.05, 3.63) is 65.9 Å². The molecule has 0 atom stereocenters. The van der Waals surface area contributed by atoms with Gasteiger partial charge >= 0.3 is 0 Å². The van der Waals surface area contributed by atoms with Crippen LogP contribution in [0.3, 0.4) is 0 Å². The lowest BCUT2D eigenvalue weighted by molar-refractivity contribution is 0.629. The van der Waals surface area contributed by atoms with Crippen molar-refractivity contribution in [3.63, 3.8) is 0 Å². The number of aromatic nitrogens is 3. The number of hydrogen-bond acceptors (Lipinski definition) is 1. The number of hydrogen-bond donors (Lipinski definition) is 2. The predicted molar refractivity (Wildman–Crippen MR) is 77.2 cm³/mol. The van der Waals surface area contributed by atoms with Gasteiger partial charge in [0.1, 0.15) is 11.6 Å². The number of para-hydroxylation sites is 1. The Morgan fingerprint density at radius 1 is 1.05 bits per heavy atom. The molecular weight excluding hydrogens is 253 g/mol. The van der Waals surface area contributed by atoms with E-state index in [1.807, 2.05) is 24.4 Å². The molecule has 0 spiro atoms. The maximum Gasteiger partial charge on any atom is 0.125 e. The van der Waals surface area contributed by atoms with Crippen LogP contribution >= 0.6 is 0 Å². The topological polar surface area (TPSA) is 44.5 Å². The number of aromatic amines is 2. The van der Waals surface area contributed by atoms with E-state index in [0.29, 0.717) is 6.42 Å². The molecule has 3 nitrogen and oxygen atoms in total. The quantitative estimate of drug-likeness (QED) is 0.569. The van der Waals surface area contributed by atoms with Gasteiger partial charge in [-0.3, -0.25) is 0 Å². The van der Waals surface area contributed by atoms with Gasteiger partial charge in [-0.05, 0) is 29.8 Å². The van der Waals surface area contributed by atoms with Gasteiger partial charge in [0.15, 0.2) is 0 Å². The van der Waals surface area contributed by atoms with E-state index < -0.39 is 0 Å². The molecule has 0 amide bonds. The number of rotatable bonds is 2. The number of benzene rings is 2. The van der Waals surface area contributed by atoms with Crippen molar-refractivity contribution in [2.75, 3.05) is 0 Å². The molecule has 98 valence electrons. The van der Waals surface area contributed by atoms with E-state index in [0.717, 1.165) is 22.4 Å². The summed E-state index contributed by atoms with van der Waals surface area (Å²) in [6.07, 6.45) is 2.69. The summed E-state index contributed by atoms with van der Waals surface area (Å²) in [7, 11) is 0. The van der Waals surface area contributed by atoms with Crippen LogP contribution in [0.5, 0.6) is 0 Å². The van der Waals surface area contributed by atoms with Crippen molar-refractivity contribution < 1.29 is 4.39 Å². The Morgan fingerprint density at radius 2 is 1.95 bits per heavy atom. The molecule has 2 heterocycles. The number of H-pyrrole nitrogens is 2. The van der Waals surface area contributed by atoms with E-state index in [1.165, 1.54) is 23.1 Å². The molecule has 2 N–H and O–H groups in total. The molecule has 0 saturated heterocycles. The summed E-state index contributed by atoms with van der Waals surface area (Å²) in [4.78, 5) is 10.9. The summed E-state index contributed by atoms with van der Waals surface area (Å²) in [6, 6.07) is 12.8. The third kappa shape index (κ3) is 1.77. The molecule has 2 aromatic carbocycles. The van der Waals surface area contributed by atoms with Crippen LogP contribution in [0, 0.1) is 5.82 Å². The number of nitrogens with zero attached hydrogens (tertiary/aromatic N) is 1. The van der Waals surface area contributed by atoms with Gasteiger partial charge < -0.3 is 9.97 Å². The Hall–Kier alpha value is -2.62. The van der Waals surface area contributed by atoms with Crippen LogP contribution in [0.15, 0.2) is 48.7 Å². The number of nitrogens with one attached hydrogen (secondary N) is 2. The predicted octanol–water partition coefficient (Wildman–Crippen LogP) is 3.77. The van der Waals surface area contributed by atoms with Crippen LogP contribution in [0.1, 0.15) is 11.4 Å². The average molecular weight is 265 g/mol. The molecule has 2 aromatic heterocycles. The molecular formula is C16H12FN3. The van der Waals surface area contributed by atoms with Gasteiger partial charge in [-0.1, -0.05) is 18.2 Å².